The van der Waals surface area contributed by atoms with Crippen LogP contribution in [0.2, 0.25) is 0 Å². The van der Waals surface area contributed by atoms with E-state index in [2.05, 4.69) is 10.4 Å². The number of hydrogen-bond donors (Lipinski definition) is 2. The molecule has 0 fully saturated rings. The lowest BCUT2D eigenvalue weighted by Gasteiger charge is -2.09. The molecule has 34 heavy (non-hydrogen) atoms. The largest absolute Gasteiger partial charge is 0.383 e. The second kappa shape index (κ2) is 8.44. The number of nitrogens with zero attached hydrogens (tertiary/aromatic N) is 4. The molecule has 0 saturated carbocycles. The maximum absolute atomic E-state index is 13.5. The quantitative estimate of drug-likeness (QED) is 0.368. The van der Waals surface area contributed by atoms with Gasteiger partial charge in [0, 0.05) is 5.69 Å². The van der Waals surface area contributed by atoms with Crippen molar-refractivity contribution < 1.29 is 4.79 Å². The number of carbonyl (C=O) groups excluding carboxylic acids is 1. The Balaban J connectivity index is 1.68. The predicted octanol–water partition coefficient (Wildman–Crippen LogP) is 5.23. The summed E-state index contributed by atoms with van der Waals surface area (Å²) in [5, 5.41) is 7.59. The van der Waals surface area contributed by atoms with Crippen LogP contribution in [0.5, 0.6) is 0 Å². The van der Waals surface area contributed by atoms with Crippen molar-refractivity contribution in [2.45, 2.75) is 20.8 Å². The van der Waals surface area contributed by atoms with Crippen molar-refractivity contribution in [2.75, 3.05) is 11.1 Å². The maximum Gasteiger partial charge on any atom is 0.261 e. The molecule has 0 aliphatic heterocycles. The Labute approximate surface area is 197 Å². The Kier molecular flexibility index (Phi) is 5.30. The fourth-order valence-corrected chi connectivity index (χ4v) is 3.90. The standard InChI is InChI=1S/C27H24N6O/c1-16-12-13-18(3)22(14-16)32-27(34)23-24-26(31-21-11-7-6-10-20(21)30-24)33(25(23)28)29-15-19-9-5-4-8-17(19)2/h4-15H,28H2,1-3H3,(H,32,34)/b29-15+. The van der Waals surface area contributed by atoms with Crippen molar-refractivity contribution in [3.05, 3.63) is 94.5 Å². The first-order valence-corrected chi connectivity index (χ1v) is 11.0. The zero-order valence-corrected chi connectivity index (χ0v) is 19.2. The highest BCUT2D eigenvalue weighted by Gasteiger charge is 2.24. The van der Waals surface area contributed by atoms with Gasteiger partial charge in [0.1, 0.15) is 16.9 Å². The van der Waals surface area contributed by atoms with Crippen molar-refractivity contribution in [3.8, 4) is 0 Å². The number of nitrogen functional groups attached to an aromatic ring is 1. The first kappa shape index (κ1) is 21.3. The van der Waals surface area contributed by atoms with E-state index in [0.717, 1.165) is 27.9 Å². The summed E-state index contributed by atoms with van der Waals surface area (Å²) in [5.74, 6) is -0.177. The summed E-state index contributed by atoms with van der Waals surface area (Å²) in [4.78, 5) is 22.9. The third-order valence-corrected chi connectivity index (χ3v) is 5.84. The molecule has 2 aromatic heterocycles. The molecule has 0 saturated heterocycles. The SMILES string of the molecule is Cc1ccc(C)c(NC(=O)c2c(N)n(/N=C/c3ccccc3C)c3nc4ccccc4nc23)c1. The molecular weight excluding hydrogens is 424 g/mol. The number of rotatable bonds is 4. The van der Waals surface area contributed by atoms with Crippen LogP contribution in [0, 0.1) is 20.8 Å². The number of para-hydroxylation sites is 2. The predicted molar refractivity (Wildman–Crippen MR) is 137 cm³/mol. The molecule has 0 radical (unpaired) electrons. The molecule has 7 heteroatoms. The smallest absolute Gasteiger partial charge is 0.261 e. The fourth-order valence-electron chi connectivity index (χ4n) is 3.90. The molecule has 5 rings (SSSR count). The second-order valence-corrected chi connectivity index (χ2v) is 8.33. The third-order valence-electron chi connectivity index (χ3n) is 5.84. The molecule has 7 nitrogen and oxygen atoms in total. The van der Waals surface area contributed by atoms with Crippen molar-refractivity contribution >= 4 is 45.8 Å². The summed E-state index contributed by atoms with van der Waals surface area (Å²) in [6.07, 6.45) is 1.72. The van der Waals surface area contributed by atoms with Crippen molar-refractivity contribution in [2.24, 2.45) is 5.10 Å². The van der Waals surface area contributed by atoms with E-state index in [1.54, 1.807) is 6.21 Å². The highest BCUT2D eigenvalue weighted by atomic mass is 16.1. The van der Waals surface area contributed by atoms with E-state index in [1.807, 2.05) is 87.5 Å². The van der Waals surface area contributed by atoms with E-state index in [0.29, 0.717) is 22.2 Å². The number of nitrogens with one attached hydrogen (secondary N) is 1. The Bertz CT molecular complexity index is 1600. The number of fused-ring (bicyclic) bond motifs is 2. The summed E-state index contributed by atoms with van der Waals surface area (Å²) >= 11 is 0. The molecule has 2 heterocycles. The van der Waals surface area contributed by atoms with Crippen LogP contribution in [-0.2, 0) is 0 Å². The number of aryl methyl sites for hydroxylation is 3. The minimum absolute atomic E-state index is 0.179. The molecule has 0 bridgehead atoms. The molecular formula is C27H24N6O. The normalized spacial score (nSPS) is 11.5. The van der Waals surface area contributed by atoms with Crippen LogP contribution >= 0.6 is 0 Å². The average molecular weight is 449 g/mol. The topological polar surface area (TPSA) is 98.2 Å². The van der Waals surface area contributed by atoms with Gasteiger partial charge in [-0.2, -0.15) is 9.78 Å². The lowest BCUT2D eigenvalue weighted by molar-refractivity contribution is 0.102. The maximum atomic E-state index is 13.5. The molecule has 0 aliphatic rings. The zero-order chi connectivity index (χ0) is 23.8. The van der Waals surface area contributed by atoms with E-state index in [-0.39, 0.29) is 17.3 Å². The number of aromatic nitrogens is 3. The lowest BCUT2D eigenvalue weighted by atomic mass is 10.1. The Morgan fingerprint density at radius 2 is 1.65 bits per heavy atom. The Morgan fingerprint density at radius 3 is 2.41 bits per heavy atom. The fraction of sp³-hybridized carbons (Fsp3) is 0.111. The Morgan fingerprint density at radius 1 is 0.941 bits per heavy atom. The van der Waals surface area contributed by atoms with Crippen LogP contribution < -0.4 is 11.1 Å². The van der Waals surface area contributed by atoms with Gasteiger partial charge >= 0.3 is 0 Å². The van der Waals surface area contributed by atoms with E-state index >= 15 is 0 Å². The van der Waals surface area contributed by atoms with Gasteiger partial charge in [-0.05, 0) is 61.2 Å². The van der Waals surface area contributed by atoms with Gasteiger partial charge in [-0.15, -0.1) is 0 Å². The molecule has 3 aromatic carbocycles. The number of carbonyl (C=O) groups is 1. The van der Waals surface area contributed by atoms with Crippen molar-refractivity contribution in [1.82, 2.24) is 14.6 Å². The van der Waals surface area contributed by atoms with Gasteiger partial charge in [-0.25, -0.2) is 9.97 Å². The molecule has 0 unspecified atom stereocenters. The summed E-state index contributed by atoms with van der Waals surface area (Å²) < 4.78 is 1.49. The van der Waals surface area contributed by atoms with Gasteiger partial charge in [0.05, 0.1) is 17.2 Å². The summed E-state index contributed by atoms with van der Waals surface area (Å²) in [5.41, 5.74) is 13.7. The zero-order valence-electron chi connectivity index (χ0n) is 19.2. The summed E-state index contributed by atoms with van der Waals surface area (Å²) in [6, 6.07) is 21.3. The van der Waals surface area contributed by atoms with Crippen LogP contribution in [-0.4, -0.2) is 26.8 Å². The summed E-state index contributed by atoms with van der Waals surface area (Å²) in [6.45, 7) is 5.93. The van der Waals surface area contributed by atoms with Gasteiger partial charge in [0.25, 0.3) is 5.91 Å². The van der Waals surface area contributed by atoms with E-state index in [4.69, 9.17) is 15.7 Å². The van der Waals surface area contributed by atoms with Crippen molar-refractivity contribution in [1.29, 1.82) is 0 Å². The first-order chi connectivity index (χ1) is 16.4. The average Bonchev–Trinajstić information content (AvgIpc) is 3.09. The molecule has 1 amide bonds. The summed E-state index contributed by atoms with van der Waals surface area (Å²) in [7, 11) is 0. The van der Waals surface area contributed by atoms with Crippen LogP contribution in [0.4, 0.5) is 11.5 Å². The number of nitrogens with two attached hydrogens (primary N) is 1. The molecule has 0 atom stereocenters. The molecule has 168 valence electrons. The second-order valence-electron chi connectivity index (χ2n) is 8.33. The minimum Gasteiger partial charge on any atom is -0.383 e. The number of amides is 1. The molecule has 5 aromatic rings. The molecule has 0 spiro atoms. The number of benzene rings is 3. The van der Waals surface area contributed by atoms with Crippen LogP contribution in [0.15, 0.2) is 71.8 Å². The highest BCUT2D eigenvalue weighted by Crippen LogP contribution is 2.29. The number of anilines is 2. The van der Waals surface area contributed by atoms with Gasteiger partial charge in [0.2, 0.25) is 0 Å². The monoisotopic (exact) mass is 448 g/mol. The van der Waals surface area contributed by atoms with Gasteiger partial charge < -0.3 is 11.1 Å². The van der Waals surface area contributed by atoms with E-state index < -0.39 is 0 Å². The lowest BCUT2D eigenvalue weighted by Crippen LogP contribution is -2.15. The highest BCUT2D eigenvalue weighted by molar-refractivity contribution is 6.16. The third kappa shape index (κ3) is 3.77. The van der Waals surface area contributed by atoms with Crippen molar-refractivity contribution in [3.63, 3.8) is 0 Å². The molecule has 0 aliphatic carbocycles. The van der Waals surface area contributed by atoms with Gasteiger partial charge in [0.15, 0.2) is 5.65 Å². The van der Waals surface area contributed by atoms with E-state index in [1.165, 1.54) is 4.68 Å². The number of hydrogen-bond acceptors (Lipinski definition) is 5. The van der Waals surface area contributed by atoms with Gasteiger partial charge in [-0.3, -0.25) is 4.79 Å². The van der Waals surface area contributed by atoms with Gasteiger partial charge in [-0.1, -0.05) is 48.5 Å². The molecule has 3 N–H and O–H groups in total. The Hall–Kier alpha value is -4.52. The first-order valence-electron chi connectivity index (χ1n) is 11.0. The van der Waals surface area contributed by atoms with Crippen LogP contribution in [0.1, 0.15) is 32.6 Å². The van der Waals surface area contributed by atoms with Crippen LogP contribution in [0.25, 0.3) is 22.2 Å². The van der Waals surface area contributed by atoms with E-state index in [9.17, 15) is 4.79 Å². The minimum atomic E-state index is -0.356. The van der Waals surface area contributed by atoms with Crippen LogP contribution in [0.3, 0.4) is 0 Å².